The number of hydrogen-bond acceptors (Lipinski definition) is 5. The SMILES string of the molecule is CC(=O)Nc1ccnc(C2(C)C=C(C)OC(N)=N2)c1. The van der Waals surface area contributed by atoms with E-state index in [0.29, 0.717) is 17.1 Å². The van der Waals surface area contributed by atoms with Gasteiger partial charge < -0.3 is 15.8 Å². The number of carbonyl (C=O) groups excluding carboxylic acids is 1. The molecule has 6 nitrogen and oxygen atoms in total. The second-order valence-electron chi connectivity index (χ2n) is 4.57. The molecule has 6 heteroatoms. The monoisotopic (exact) mass is 260 g/mol. The Hall–Kier alpha value is -2.37. The van der Waals surface area contributed by atoms with Gasteiger partial charge in [0, 0.05) is 18.8 Å². The fourth-order valence-electron chi connectivity index (χ4n) is 1.99. The molecule has 1 amide bonds. The molecule has 1 aliphatic heterocycles. The molecule has 1 aliphatic rings. The molecular formula is C13H16N4O2. The number of anilines is 1. The van der Waals surface area contributed by atoms with Crippen LogP contribution in [0.25, 0.3) is 0 Å². The number of rotatable bonds is 2. The maximum Gasteiger partial charge on any atom is 0.288 e. The molecule has 0 spiro atoms. The van der Waals surface area contributed by atoms with Crippen molar-refractivity contribution in [3.8, 4) is 0 Å². The zero-order valence-electron chi connectivity index (χ0n) is 11.1. The third kappa shape index (κ3) is 2.90. The number of ether oxygens (including phenoxy) is 1. The van der Waals surface area contributed by atoms with Gasteiger partial charge >= 0.3 is 0 Å². The number of hydrogen-bond donors (Lipinski definition) is 2. The van der Waals surface area contributed by atoms with E-state index in [9.17, 15) is 4.79 Å². The lowest BCUT2D eigenvalue weighted by Crippen LogP contribution is -2.30. The van der Waals surface area contributed by atoms with Crippen molar-refractivity contribution in [3.63, 3.8) is 0 Å². The van der Waals surface area contributed by atoms with Crippen LogP contribution in [0.5, 0.6) is 0 Å². The van der Waals surface area contributed by atoms with Gasteiger partial charge in [0.05, 0.1) is 5.69 Å². The first kappa shape index (κ1) is 13.1. The van der Waals surface area contributed by atoms with E-state index in [2.05, 4.69) is 15.3 Å². The highest BCUT2D eigenvalue weighted by atomic mass is 16.5. The molecule has 100 valence electrons. The molecule has 1 atom stereocenters. The summed E-state index contributed by atoms with van der Waals surface area (Å²) >= 11 is 0. The minimum absolute atomic E-state index is 0.106. The smallest absolute Gasteiger partial charge is 0.288 e. The van der Waals surface area contributed by atoms with Crippen LogP contribution in [-0.2, 0) is 15.1 Å². The summed E-state index contributed by atoms with van der Waals surface area (Å²) in [4.78, 5) is 19.6. The standard InChI is InChI=1S/C13H16N4O2/c1-8-7-13(3,17-12(14)19-8)11-6-10(4-5-15-11)16-9(2)18/h4-7H,1-3H3,(H2,14,17)(H,15,16,18). The molecule has 0 bridgehead atoms. The van der Waals surface area contributed by atoms with Crippen LogP contribution in [0.3, 0.4) is 0 Å². The summed E-state index contributed by atoms with van der Waals surface area (Å²) in [5, 5.41) is 2.71. The molecule has 0 radical (unpaired) electrons. The van der Waals surface area contributed by atoms with E-state index < -0.39 is 5.54 Å². The first-order chi connectivity index (χ1) is 8.89. The lowest BCUT2D eigenvalue weighted by molar-refractivity contribution is -0.114. The molecular weight excluding hydrogens is 244 g/mol. The average Bonchev–Trinajstić information content (AvgIpc) is 2.26. The van der Waals surface area contributed by atoms with Crippen LogP contribution in [-0.4, -0.2) is 16.9 Å². The van der Waals surface area contributed by atoms with Crippen LogP contribution >= 0.6 is 0 Å². The van der Waals surface area contributed by atoms with Crippen LogP contribution in [0.15, 0.2) is 35.2 Å². The molecule has 19 heavy (non-hydrogen) atoms. The van der Waals surface area contributed by atoms with Gasteiger partial charge in [-0.2, -0.15) is 0 Å². The quantitative estimate of drug-likeness (QED) is 0.843. The minimum atomic E-state index is -0.694. The van der Waals surface area contributed by atoms with E-state index in [1.54, 1.807) is 25.3 Å². The van der Waals surface area contributed by atoms with Crippen molar-refractivity contribution in [3.05, 3.63) is 35.9 Å². The van der Waals surface area contributed by atoms with Gasteiger partial charge in [-0.15, -0.1) is 0 Å². The topological polar surface area (TPSA) is 89.6 Å². The number of carbonyl (C=O) groups is 1. The highest BCUT2D eigenvalue weighted by molar-refractivity contribution is 5.88. The van der Waals surface area contributed by atoms with Gasteiger partial charge in [-0.3, -0.25) is 9.78 Å². The van der Waals surface area contributed by atoms with E-state index in [1.165, 1.54) is 6.92 Å². The first-order valence-corrected chi connectivity index (χ1v) is 5.86. The normalized spacial score (nSPS) is 22.1. The van der Waals surface area contributed by atoms with E-state index in [1.807, 2.05) is 13.0 Å². The number of amidine groups is 1. The highest BCUT2D eigenvalue weighted by Gasteiger charge is 2.30. The summed E-state index contributed by atoms with van der Waals surface area (Å²) in [6.45, 7) is 5.14. The van der Waals surface area contributed by atoms with Crippen LogP contribution < -0.4 is 11.1 Å². The molecule has 0 aliphatic carbocycles. The minimum Gasteiger partial charge on any atom is -0.431 e. The highest BCUT2D eigenvalue weighted by Crippen LogP contribution is 2.31. The summed E-state index contributed by atoms with van der Waals surface area (Å²) < 4.78 is 5.19. The Kier molecular flexibility index (Phi) is 3.25. The third-order valence-corrected chi connectivity index (χ3v) is 2.69. The second kappa shape index (κ2) is 4.72. The van der Waals surface area contributed by atoms with E-state index >= 15 is 0 Å². The largest absolute Gasteiger partial charge is 0.431 e. The Labute approximate surface area is 111 Å². The zero-order valence-corrected chi connectivity index (χ0v) is 11.1. The van der Waals surface area contributed by atoms with Gasteiger partial charge in [-0.25, -0.2) is 4.99 Å². The Morgan fingerprint density at radius 3 is 2.89 bits per heavy atom. The van der Waals surface area contributed by atoms with Gasteiger partial charge in [0.15, 0.2) is 0 Å². The number of allylic oxidation sites excluding steroid dienone is 1. The van der Waals surface area contributed by atoms with Crippen molar-refractivity contribution in [2.24, 2.45) is 10.7 Å². The number of nitrogens with zero attached hydrogens (tertiary/aromatic N) is 2. The van der Waals surface area contributed by atoms with Crippen LogP contribution in [0, 0.1) is 0 Å². The fraction of sp³-hybridized carbons (Fsp3) is 0.308. The first-order valence-electron chi connectivity index (χ1n) is 5.86. The number of nitrogens with two attached hydrogens (primary N) is 1. The number of aliphatic imine (C=N–C) groups is 1. The van der Waals surface area contributed by atoms with E-state index in [4.69, 9.17) is 10.5 Å². The molecule has 2 rings (SSSR count). The van der Waals surface area contributed by atoms with E-state index in [-0.39, 0.29) is 11.9 Å². The van der Waals surface area contributed by atoms with Crippen LogP contribution in [0.1, 0.15) is 26.5 Å². The third-order valence-electron chi connectivity index (χ3n) is 2.69. The number of aromatic nitrogens is 1. The summed E-state index contributed by atoms with van der Waals surface area (Å²) in [7, 11) is 0. The lowest BCUT2D eigenvalue weighted by atomic mass is 9.96. The molecule has 1 unspecified atom stereocenters. The average molecular weight is 260 g/mol. The van der Waals surface area contributed by atoms with Gasteiger partial charge in [-0.05, 0) is 32.1 Å². The lowest BCUT2D eigenvalue weighted by Gasteiger charge is -2.26. The van der Waals surface area contributed by atoms with Gasteiger partial charge in [0.25, 0.3) is 6.02 Å². The molecule has 3 N–H and O–H groups in total. The Bertz CT molecular complexity index is 560. The zero-order chi connectivity index (χ0) is 14.0. The summed E-state index contributed by atoms with van der Waals surface area (Å²) in [6, 6.07) is 3.60. The van der Waals surface area contributed by atoms with Crippen LogP contribution in [0.2, 0.25) is 0 Å². The predicted octanol–water partition coefficient (Wildman–Crippen LogP) is 1.50. The molecule has 0 saturated carbocycles. The maximum absolute atomic E-state index is 11.1. The fourth-order valence-corrected chi connectivity index (χ4v) is 1.99. The Morgan fingerprint density at radius 2 is 2.26 bits per heavy atom. The summed E-state index contributed by atoms with van der Waals surface area (Å²) in [6.07, 6.45) is 3.46. The molecule has 0 aromatic carbocycles. The Balaban J connectivity index is 2.40. The summed E-state index contributed by atoms with van der Waals surface area (Å²) in [5.74, 6) is 0.533. The van der Waals surface area contributed by atoms with Crippen molar-refractivity contribution in [2.75, 3.05) is 5.32 Å². The van der Waals surface area contributed by atoms with Gasteiger partial charge in [0.2, 0.25) is 5.91 Å². The number of nitrogens with one attached hydrogen (secondary N) is 1. The number of amides is 1. The van der Waals surface area contributed by atoms with Gasteiger partial charge in [-0.1, -0.05) is 0 Å². The maximum atomic E-state index is 11.1. The second-order valence-corrected chi connectivity index (χ2v) is 4.57. The van der Waals surface area contributed by atoms with Crippen molar-refractivity contribution >= 4 is 17.6 Å². The van der Waals surface area contributed by atoms with Crippen molar-refractivity contribution in [2.45, 2.75) is 26.3 Å². The predicted molar refractivity (Wildman–Crippen MR) is 72.4 cm³/mol. The molecule has 1 aromatic rings. The molecule has 2 heterocycles. The van der Waals surface area contributed by atoms with E-state index in [0.717, 1.165) is 0 Å². The van der Waals surface area contributed by atoms with Gasteiger partial charge in [0.1, 0.15) is 11.3 Å². The van der Waals surface area contributed by atoms with Crippen molar-refractivity contribution in [1.29, 1.82) is 0 Å². The molecule has 0 saturated heterocycles. The van der Waals surface area contributed by atoms with Crippen molar-refractivity contribution in [1.82, 2.24) is 4.98 Å². The molecule has 0 fully saturated rings. The Morgan fingerprint density at radius 1 is 1.53 bits per heavy atom. The van der Waals surface area contributed by atoms with Crippen molar-refractivity contribution < 1.29 is 9.53 Å². The van der Waals surface area contributed by atoms with Crippen LogP contribution in [0.4, 0.5) is 5.69 Å². The summed E-state index contributed by atoms with van der Waals surface area (Å²) in [5.41, 5.74) is 6.31. The number of pyridine rings is 1. The molecule has 1 aromatic heterocycles.